The molecule has 1 heteroatoms. The highest BCUT2D eigenvalue weighted by Crippen LogP contribution is 2.48. The Morgan fingerprint density at radius 2 is 0.846 bits per heavy atom. The summed E-state index contributed by atoms with van der Waals surface area (Å²) in [7, 11) is 0. The van der Waals surface area contributed by atoms with Crippen LogP contribution in [0.1, 0.15) is 0 Å². The average Bonchev–Trinajstić information content (AvgIpc) is 3.22. The highest BCUT2D eigenvalue weighted by Gasteiger charge is 2.21. The van der Waals surface area contributed by atoms with Crippen LogP contribution >= 0.6 is 0 Å². The SMILES string of the molecule is c1ccc(-c2ccc3c(-c4ccc(-c5ccc6ccc7cccc8ccc5c6c78)c5ccccc45)c4ccccc4c(-c4ccccn4)c3c2)cc1. The number of hydrogen-bond donors (Lipinski definition) is 0. The van der Waals surface area contributed by atoms with Crippen molar-refractivity contribution in [2.75, 3.05) is 0 Å². The minimum atomic E-state index is 0.981. The van der Waals surface area contributed by atoms with Gasteiger partial charge in [-0.2, -0.15) is 0 Å². The number of nitrogens with zero attached hydrogens (tertiary/aromatic N) is 1. The molecule has 0 saturated heterocycles. The van der Waals surface area contributed by atoms with Gasteiger partial charge in [0, 0.05) is 11.8 Å². The lowest BCUT2D eigenvalue weighted by molar-refractivity contribution is 1.34. The summed E-state index contributed by atoms with van der Waals surface area (Å²) in [5, 5.41) is 15.2. The van der Waals surface area contributed by atoms with E-state index < -0.39 is 0 Å². The van der Waals surface area contributed by atoms with Gasteiger partial charge in [-0.05, 0) is 116 Å². The van der Waals surface area contributed by atoms with Crippen LogP contribution in [-0.4, -0.2) is 4.98 Å². The molecule has 1 aromatic heterocycles. The van der Waals surface area contributed by atoms with Gasteiger partial charge >= 0.3 is 0 Å². The highest BCUT2D eigenvalue weighted by atomic mass is 14.7. The van der Waals surface area contributed by atoms with Crippen molar-refractivity contribution in [1.82, 2.24) is 4.98 Å². The van der Waals surface area contributed by atoms with Crippen LogP contribution in [0.4, 0.5) is 0 Å². The Balaban J connectivity index is 1.22. The molecule has 1 nitrogen and oxygen atoms in total. The summed E-state index contributed by atoms with van der Waals surface area (Å²) in [6, 6.07) is 66.8. The fourth-order valence-corrected chi connectivity index (χ4v) is 8.79. The molecule has 1 heterocycles. The van der Waals surface area contributed by atoms with Gasteiger partial charge in [-0.3, -0.25) is 4.98 Å². The third kappa shape index (κ3) is 4.26. The first-order valence-electron chi connectivity index (χ1n) is 18.0. The lowest BCUT2D eigenvalue weighted by atomic mass is 9.83. The first kappa shape index (κ1) is 29.0. The second kappa shape index (κ2) is 11.3. The van der Waals surface area contributed by atoms with E-state index in [1.54, 1.807) is 0 Å². The van der Waals surface area contributed by atoms with Crippen LogP contribution in [-0.2, 0) is 0 Å². The van der Waals surface area contributed by atoms with Gasteiger partial charge in [0.1, 0.15) is 0 Å². The van der Waals surface area contributed by atoms with Crippen molar-refractivity contribution in [1.29, 1.82) is 0 Å². The maximum Gasteiger partial charge on any atom is 0.0714 e. The zero-order valence-corrected chi connectivity index (χ0v) is 28.3. The van der Waals surface area contributed by atoms with Crippen LogP contribution in [0.5, 0.6) is 0 Å². The first-order chi connectivity index (χ1) is 25.8. The summed E-state index contributed by atoms with van der Waals surface area (Å²) in [5.74, 6) is 0. The summed E-state index contributed by atoms with van der Waals surface area (Å²) in [6.45, 7) is 0. The molecule has 0 aliphatic carbocycles. The fourth-order valence-electron chi connectivity index (χ4n) is 8.79. The molecule has 0 aliphatic rings. The van der Waals surface area contributed by atoms with E-state index in [-0.39, 0.29) is 0 Å². The summed E-state index contributed by atoms with van der Waals surface area (Å²) in [6.07, 6.45) is 1.90. The number of fused-ring (bicyclic) bond motifs is 3. The van der Waals surface area contributed by atoms with E-state index in [0.29, 0.717) is 0 Å². The molecule has 0 saturated carbocycles. The largest absolute Gasteiger partial charge is 0.256 e. The monoisotopic (exact) mass is 657 g/mol. The van der Waals surface area contributed by atoms with Crippen LogP contribution in [0.2, 0.25) is 0 Å². The van der Waals surface area contributed by atoms with Gasteiger partial charge in [-0.1, -0.05) is 164 Å². The molecule has 0 atom stereocenters. The molecule has 0 bridgehead atoms. The van der Waals surface area contributed by atoms with Crippen molar-refractivity contribution < 1.29 is 0 Å². The lowest BCUT2D eigenvalue weighted by Gasteiger charge is -2.20. The van der Waals surface area contributed by atoms with Crippen LogP contribution in [0.15, 0.2) is 188 Å². The molecule has 10 aromatic carbocycles. The predicted molar refractivity (Wildman–Crippen MR) is 222 cm³/mol. The lowest BCUT2D eigenvalue weighted by Crippen LogP contribution is -1.94. The summed E-state index contributed by atoms with van der Waals surface area (Å²) in [4.78, 5) is 4.90. The third-order valence-corrected chi connectivity index (χ3v) is 11.1. The number of aromatic nitrogens is 1. The molecule has 0 amide bonds. The molecule has 11 rings (SSSR count). The van der Waals surface area contributed by atoms with E-state index in [1.165, 1.54) is 104 Å². The number of benzene rings is 10. The molecule has 0 N–H and O–H groups in total. The topological polar surface area (TPSA) is 12.9 Å². The third-order valence-electron chi connectivity index (χ3n) is 11.1. The molecule has 0 aliphatic heterocycles. The Morgan fingerprint density at radius 1 is 0.288 bits per heavy atom. The van der Waals surface area contributed by atoms with E-state index in [1.807, 2.05) is 12.3 Å². The minimum Gasteiger partial charge on any atom is -0.256 e. The Labute approximate surface area is 301 Å². The molecule has 0 spiro atoms. The normalized spacial score (nSPS) is 11.8. The van der Waals surface area contributed by atoms with Crippen LogP contribution in [0, 0.1) is 0 Å². The smallest absolute Gasteiger partial charge is 0.0714 e. The van der Waals surface area contributed by atoms with E-state index in [0.717, 1.165) is 5.69 Å². The van der Waals surface area contributed by atoms with Crippen molar-refractivity contribution in [2.45, 2.75) is 0 Å². The van der Waals surface area contributed by atoms with Gasteiger partial charge in [0.25, 0.3) is 0 Å². The average molecular weight is 658 g/mol. The van der Waals surface area contributed by atoms with Gasteiger partial charge in [-0.25, -0.2) is 0 Å². The van der Waals surface area contributed by atoms with E-state index in [4.69, 9.17) is 4.98 Å². The molecule has 0 radical (unpaired) electrons. The molecule has 0 unspecified atom stereocenters. The molecular formula is C51H31N. The molecule has 52 heavy (non-hydrogen) atoms. The number of pyridine rings is 1. The summed E-state index contributed by atoms with van der Waals surface area (Å²) >= 11 is 0. The summed E-state index contributed by atoms with van der Waals surface area (Å²) in [5.41, 5.74) is 9.55. The highest BCUT2D eigenvalue weighted by molar-refractivity contribution is 6.28. The molecule has 0 fully saturated rings. The van der Waals surface area contributed by atoms with Gasteiger partial charge in [-0.15, -0.1) is 0 Å². The first-order valence-corrected chi connectivity index (χ1v) is 18.0. The predicted octanol–water partition coefficient (Wildman–Crippen LogP) is 14.1. The van der Waals surface area contributed by atoms with Crippen molar-refractivity contribution in [3.05, 3.63) is 188 Å². The van der Waals surface area contributed by atoms with Gasteiger partial charge in [0.2, 0.25) is 0 Å². The van der Waals surface area contributed by atoms with Crippen LogP contribution in [0.25, 0.3) is 109 Å². The molecule has 240 valence electrons. The van der Waals surface area contributed by atoms with Crippen molar-refractivity contribution in [3.8, 4) is 44.6 Å². The van der Waals surface area contributed by atoms with E-state index in [2.05, 4.69) is 176 Å². The van der Waals surface area contributed by atoms with Crippen molar-refractivity contribution in [2.24, 2.45) is 0 Å². The summed E-state index contributed by atoms with van der Waals surface area (Å²) < 4.78 is 0. The Hall–Kier alpha value is -6.83. The molecule has 11 aromatic rings. The zero-order chi connectivity index (χ0) is 34.2. The van der Waals surface area contributed by atoms with Gasteiger partial charge in [0.05, 0.1) is 5.69 Å². The maximum atomic E-state index is 4.90. The quantitative estimate of drug-likeness (QED) is 0.136. The van der Waals surface area contributed by atoms with Crippen LogP contribution < -0.4 is 0 Å². The van der Waals surface area contributed by atoms with Crippen LogP contribution in [0.3, 0.4) is 0 Å². The van der Waals surface area contributed by atoms with Gasteiger partial charge < -0.3 is 0 Å². The van der Waals surface area contributed by atoms with E-state index in [9.17, 15) is 0 Å². The fraction of sp³-hybridized carbons (Fsp3) is 0. The number of rotatable bonds is 4. The Bertz CT molecular complexity index is 3140. The Kier molecular flexibility index (Phi) is 6.32. The standard InChI is InChI=1S/C51H31N/c1-2-11-32(12-3-1)36-24-27-45-46(31-36)51(47-19-8-9-30-52-47)42-18-7-6-17-41(42)50(45)44-29-28-39(37-15-4-5-16-38(37)44)40-25-22-35-21-20-33-13-10-14-34-23-26-43(40)49(35)48(33)34/h1-31H. The second-order valence-electron chi connectivity index (χ2n) is 13.8. The van der Waals surface area contributed by atoms with Crippen molar-refractivity contribution >= 4 is 64.6 Å². The second-order valence-corrected chi connectivity index (χ2v) is 13.8. The molecular weight excluding hydrogens is 627 g/mol. The van der Waals surface area contributed by atoms with E-state index >= 15 is 0 Å². The van der Waals surface area contributed by atoms with Gasteiger partial charge in [0.15, 0.2) is 0 Å². The van der Waals surface area contributed by atoms with Crippen molar-refractivity contribution in [3.63, 3.8) is 0 Å². The zero-order valence-electron chi connectivity index (χ0n) is 28.3. The maximum absolute atomic E-state index is 4.90. The Morgan fingerprint density at radius 3 is 1.62 bits per heavy atom. The minimum absolute atomic E-state index is 0.981. The number of hydrogen-bond acceptors (Lipinski definition) is 1.